The molecule has 1 rings (SSSR count). The predicted molar refractivity (Wildman–Crippen MR) is 66.9 cm³/mol. The minimum absolute atomic E-state index is 0.0404. The lowest BCUT2D eigenvalue weighted by molar-refractivity contribution is -0.117. The Morgan fingerprint density at radius 1 is 1.53 bits per heavy atom. The molecular weight excluding hydrogens is 240 g/mol. The maximum atomic E-state index is 11.5. The van der Waals surface area contributed by atoms with Gasteiger partial charge in [-0.25, -0.2) is 0 Å². The normalized spacial score (nSPS) is 14.1. The van der Waals surface area contributed by atoms with Crippen molar-refractivity contribution >= 4 is 23.6 Å². The molecule has 2 atom stereocenters. The van der Waals surface area contributed by atoms with E-state index in [4.69, 9.17) is 0 Å². The van der Waals surface area contributed by atoms with Crippen LogP contribution < -0.4 is 5.32 Å². The van der Waals surface area contributed by atoms with Crippen molar-refractivity contribution < 1.29 is 14.7 Å². The third-order valence-corrected chi connectivity index (χ3v) is 3.60. The van der Waals surface area contributed by atoms with Crippen molar-refractivity contribution in [3.63, 3.8) is 0 Å². The van der Waals surface area contributed by atoms with Crippen molar-refractivity contribution in [2.45, 2.75) is 25.2 Å². The van der Waals surface area contributed by atoms with Crippen LogP contribution in [-0.4, -0.2) is 39.0 Å². The number of imide groups is 1. The Hall–Kier alpha value is -1.27. The summed E-state index contributed by atoms with van der Waals surface area (Å²) >= 11 is 1.31. The molecule has 2 unspecified atom stereocenters. The molecule has 0 aromatic carbocycles. The first kappa shape index (κ1) is 13.8. The van der Waals surface area contributed by atoms with Crippen LogP contribution in [0, 0.1) is 0 Å². The van der Waals surface area contributed by atoms with E-state index in [2.05, 4.69) is 10.3 Å². The lowest BCUT2D eigenvalue weighted by Gasteiger charge is -2.13. The fourth-order valence-corrected chi connectivity index (χ4v) is 1.81. The Kier molecular flexibility index (Phi) is 5.24. The minimum Gasteiger partial charge on any atom is -0.392 e. The average molecular weight is 256 g/mol. The number of thioether (sulfide) groups is 1. The zero-order valence-corrected chi connectivity index (χ0v) is 10.6. The van der Waals surface area contributed by atoms with Gasteiger partial charge >= 0.3 is 0 Å². The molecule has 0 aliphatic heterocycles. The molecule has 1 aromatic rings. The van der Waals surface area contributed by atoms with Gasteiger partial charge in [0, 0.05) is 11.4 Å². The van der Waals surface area contributed by atoms with Crippen molar-refractivity contribution in [2.24, 2.45) is 0 Å². The molecule has 3 N–H and O–H groups in total. The summed E-state index contributed by atoms with van der Waals surface area (Å²) in [6, 6.07) is 3.28. The van der Waals surface area contributed by atoms with Crippen LogP contribution in [0.3, 0.4) is 0 Å². The second kappa shape index (κ2) is 6.46. The molecule has 1 heterocycles. The third-order valence-electron chi connectivity index (χ3n) is 2.25. The number of aromatic amines is 1. The van der Waals surface area contributed by atoms with Gasteiger partial charge in [-0.05, 0) is 19.1 Å². The molecule has 1 aromatic heterocycles. The molecule has 17 heavy (non-hydrogen) atoms. The number of hydrogen-bond acceptors (Lipinski definition) is 4. The first-order valence-electron chi connectivity index (χ1n) is 5.28. The van der Waals surface area contributed by atoms with Crippen LogP contribution in [0.5, 0.6) is 0 Å². The maximum Gasteiger partial charge on any atom is 0.274 e. The van der Waals surface area contributed by atoms with E-state index >= 15 is 0 Å². The molecule has 0 bridgehead atoms. The monoisotopic (exact) mass is 256 g/mol. The van der Waals surface area contributed by atoms with Gasteiger partial charge in [-0.2, -0.15) is 0 Å². The number of amides is 2. The number of carbonyl (C=O) groups is 2. The highest BCUT2D eigenvalue weighted by Crippen LogP contribution is 2.13. The average Bonchev–Trinajstić information content (AvgIpc) is 2.78. The van der Waals surface area contributed by atoms with Gasteiger partial charge in [0.25, 0.3) is 5.91 Å². The van der Waals surface area contributed by atoms with Gasteiger partial charge in [0.2, 0.25) is 5.91 Å². The van der Waals surface area contributed by atoms with Crippen LogP contribution >= 0.6 is 11.8 Å². The number of rotatable bonds is 5. The number of aliphatic hydroxyl groups is 1. The smallest absolute Gasteiger partial charge is 0.274 e. The number of nitrogens with one attached hydrogen (secondary N) is 2. The van der Waals surface area contributed by atoms with E-state index in [9.17, 15) is 14.7 Å². The molecule has 94 valence electrons. The van der Waals surface area contributed by atoms with Crippen molar-refractivity contribution in [3.05, 3.63) is 24.0 Å². The van der Waals surface area contributed by atoms with Gasteiger partial charge in [0.1, 0.15) is 5.69 Å². The molecule has 0 saturated heterocycles. The van der Waals surface area contributed by atoms with Crippen LogP contribution in [0.15, 0.2) is 18.3 Å². The molecular formula is C11H16N2O3S. The highest BCUT2D eigenvalue weighted by molar-refractivity contribution is 8.00. The van der Waals surface area contributed by atoms with Gasteiger partial charge in [-0.1, -0.05) is 6.92 Å². The fraction of sp³-hybridized carbons (Fsp3) is 0.455. The molecule has 0 spiro atoms. The van der Waals surface area contributed by atoms with E-state index in [1.54, 1.807) is 25.3 Å². The lowest BCUT2D eigenvalue weighted by atomic mass is 10.3. The van der Waals surface area contributed by atoms with Crippen molar-refractivity contribution in [2.75, 3.05) is 5.75 Å². The molecule has 0 aliphatic carbocycles. The van der Waals surface area contributed by atoms with Crippen LogP contribution in [0.25, 0.3) is 0 Å². The molecule has 0 radical (unpaired) electrons. The van der Waals surface area contributed by atoms with Gasteiger partial charge in [-0.3, -0.25) is 14.9 Å². The van der Waals surface area contributed by atoms with Crippen LogP contribution in [0.1, 0.15) is 24.3 Å². The first-order valence-corrected chi connectivity index (χ1v) is 6.33. The summed E-state index contributed by atoms with van der Waals surface area (Å²) in [6.07, 6.45) is 1.14. The van der Waals surface area contributed by atoms with E-state index in [1.807, 2.05) is 6.92 Å². The van der Waals surface area contributed by atoms with Gasteiger partial charge in [-0.15, -0.1) is 11.8 Å². The Bertz CT molecular complexity index is 376. The van der Waals surface area contributed by atoms with Gasteiger partial charge in [0.05, 0.1) is 11.9 Å². The molecule has 0 fully saturated rings. The maximum absolute atomic E-state index is 11.5. The van der Waals surface area contributed by atoms with Gasteiger partial charge in [0.15, 0.2) is 0 Å². The number of aliphatic hydroxyl groups excluding tert-OH is 1. The zero-order chi connectivity index (χ0) is 12.8. The van der Waals surface area contributed by atoms with Crippen LogP contribution in [-0.2, 0) is 4.79 Å². The van der Waals surface area contributed by atoms with Crippen molar-refractivity contribution in [1.29, 1.82) is 0 Å². The van der Waals surface area contributed by atoms with E-state index < -0.39 is 12.0 Å². The highest BCUT2D eigenvalue weighted by atomic mass is 32.2. The van der Waals surface area contributed by atoms with E-state index in [-0.39, 0.29) is 16.9 Å². The summed E-state index contributed by atoms with van der Waals surface area (Å²) < 4.78 is 0. The second-order valence-electron chi connectivity index (χ2n) is 3.72. The molecule has 0 aliphatic rings. The fourth-order valence-electron chi connectivity index (χ4n) is 1.05. The topological polar surface area (TPSA) is 82.2 Å². The van der Waals surface area contributed by atoms with E-state index in [1.165, 1.54) is 11.8 Å². The lowest BCUT2D eigenvalue weighted by Crippen LogP contribution is -2.33. The molecule has 0 saturated carbocycles. The zero-order valence-electron chi connectivity index (χ0n) is 9.77. The quantitative estimate of drug-likeness (QED) is 0.727. The SMILES string of the molecule is CC(O)C(C)SCC(=O)NC(=O)c1ccc[nH]1. The second-order valence-corrected chi connectivity index (χ2v) is 5.08. The largest absolute Gasteiger partial charge is 0.392 e. The van der Waals surface area contributed by atoms with Crippen molar-refractivity contribution in [1.82, 2.24) is 10.3 Å². The number of H-pyrrole nitrogens is 1. The summed E-state index contributed by atoms with van der Waals surface area (Å²) in [5.41, 5.74) is 0.354. The Morgan fingerprint density at radius 3 is 2.76 bits per heavy atom. The number of carbonyl (C=O) groups excluding carboxylic acids is 2. The summed E-state index contributed by atoms with van der Waals surface area (Å²) in [4.78, 5) is 25.6. The third kappa shape index (κ3) is 4.62. The van der Waals surface area contributed by atoms with E-state index in [0.717, 1.165) is 0 Å². The standard InChI is InChI=1S/C11H16N2O3S/c1-7(14)8(2)17-6-10(15)13-11(16)9-4-3-5-12-9/h3-5,7-8,12,14H,6H2,1-2H3,(H,13,15,16). The number of hydrogen-bond donors (Lipinski definition) is 3. The first-order chi connectivity index (χ1) is 8.00. The predicted octanol–water partition coefficient (Wildman–Crippen LogP) is 0.774. The number of aromatic nitrogens is 1. The summed E-state index contributed by atoms with van der Waals surface area (Å²) in [5, 5.41) is 11.5. The van der Waals surface area contributed by atoms with Crippen molar-refractivity contribution in [3.8, 4) is 0 Å². The Morgan fingerprint density at radius 2 is 2.24 bits per heavy atom. The summed E-state index contributed by atoms with van der Waals surface area (Å²) in [6.45, 7) is 3.50. The Balaban J connectivity index is 2.33. The summed E-state index contributed by atoms with van der Waals surface area (Å²) in [7, 11) is 0. The summed E-state index contributed by atoms with van der Waals surface area (Å²) in [5.74, 6) is -0.647. The highest BCUT2D eigenvalue weighted by Gasteiger charge is 2.14. The molecule has 6 heteroatoms. The van der Waals surface area contributed by atoms with Crippen LogP contribution in [0.2, 0.25) is 0 Å². The molecule has 5 nitrogen and oxygen atoms in total. The van der Waals surface area contributed by atoms with E-state index in [0.29, 0.717) is 5.69 Å². The van der Waals surface area contributed by atoms with Gasteiger partial charge < -0.3 is 10.1 Å². The Labute approximate surface area is 104 Å². The minimum atomic E-state index is -0.480. The molecule has 2 amide bonds. The van der Waals surface area contributed by atoms with Crippen LogP contribution in [0.4, 0.5) is 0 Å².